The fraction of sp³-hybridized carbons (Fsp3) is 0.529. The second-order valence-corrected chi connectivity index (χ2v) is 5.38. The van der Waals surface area contributed by atoms with Crippen LogP contribution in [0.3, 0.4) is 0 Å². The number of methoxy groups -OCH3 is 1. The number of unbranched alkanes of at least 4 members (excludes halogenated alkanes) is 1. The maximum Gasteiger partial charge on any atom is 0.375 e. The molecule has 0 aliphatic heterocycles. The molecule has 1 rings (SSSR count). The third-order valence-electron chi connectivity index (χ3n) is 3.71. The van der Waals surface area contributed by atoms with Crippen LogP contribution in [0.25, 0.3) is 0 Å². The molecule has 0 aromatic carbocycles. The van der Waals surface area contributed by atoms with Crippen molar-refractivity contribution in [3.05, 3.63) is 12.2 Å². The van der Waals surface area contributed by atoms with Crippen LogP contribution in [0.1, 0.15) is 32.6 Å². The summed E-state index contributed by atoms with van der Waals surface area (Å²) in [6.07, 6.45) is 4.50. The molecule has 1 fully saturated rings. The van der Waals surface area contributed by atoms with Gasteiger partial charge in [-0.3, -0.25) is 24.0 Å². The van der Waals surface area contributed by atoms with E-state index in [1.165, 1.54) is 14.0 Å². The van der Waals surface area contributed by atoms with Gasteiger partial charge in [-0.15, -0.1) is 0 Å². The van der Waals surface area contributed by atoms with Crippen LogP contribution < -0.4 is 0 Å². The van der Waals surface area contributed by atoms with E-state index in [4.69, 9.17) is 0 Å². The van der Waals surface area contributed by atoms with Gasteiger partial charge in [0.05, 0.1) is 19.6 Å². The second kappa shape index (κ2) is 9.61. The molecule has 0 bridgehead atoms. The molecule has 0 aromatic heterocycles. The third kappa shape index (κ3) is 5.17. The Morgan fingerprint density at radius 2 is 1.76 bits per heavy atom. The quantitative estimate of drug-likeness (QED) is 0.192. The van der Waals surface area contributed by atoms with E-state index in [9.17, 15) is 28.8 Å². The van der Waals surface area contributed by atoms with Crippen molar-refractivity contribution in [3.63, 3.8) is 0 Å². The van der Waals surface area contributed by atoms with E-state index in [2.05, 4.69) is 9.47 Å². The Balaban J connectivity index is 2.61. The van der Waals surface area contributed by atoms with Gasteiger partial charge in [0.1, 0.15) is 0 Å². The Labute approximate surface area is 144 Å². The summed E-state index contributed by atoms with van der Waals surface area (Å²) in [4.78, 5) is 70.1. The number of hydrogen-bond acceptors (Lipinski definition) is 8. The highest BCUT2D eigenvalue weighted by Crippen LogP contribution is 2.25. The van der Waals surface area contributed by atoms with Crippen molar-refractivity contribution in [1.29, 1.82) is 0 Å². The number of carbonyl (C=O) groups excluding carboxylic acids is 6. The molecule has 0 N–H and O–H groups in total. The minimum Gasteiger partial charge on any atom is -0.469 e. The first-order chi connectivity index (χ1) is 11.8. The van der Waals surface area contributed by atoms with Crippen molar-refractivity contribution in [1.82, 2.24) is 0 Å². The Hall–Kier alpha value is -2.64. The minimum atomic E-state index is -1.88. The first-order valence-corrected chi connectivity index (χ1v) is 7.89. The van der Waals surface area contributed by atoms with Gasteiger partial charge in [0.25, 0.3) is 5.78 Å². The van der Waals surface area contributed by atoms with Crippen LogP contribution in [0.2, 0.25) is 0 Å². The van der Waals surface area contributed by atoms with E-state index >= 15 is 0 Å². The molecule has 0 aromatic rings. The molecule has 0 heterocycles. The molecule has 8 heteroatoms. The van der Waals surface area contributed by atoms with Crippen molar-refractivity contribution in [2.75, 3.05) is 13.7 Å². The van der Waals surface area contributed by atoms with E-state index in [1.54, 1.807) is 12.2 Å². The molecule has 2 unspecified atom stereocenters. The van der Waals surface area contributed by atoms with Gasteiger partial charge in [-0.1, -0.05) is 12.2 Å². The van der Waals surface area contributed by atoms with Gasteiger partial charge in [0.15, 0.2) is 11.7 Å². The minimum absolute atomic E-state index is 0.0335. The predicted molar refractivity (Wildman–Crippen MR) is 83.3 cm³/mol. The molecule has 0 amide bonds. The smallest absolute Gasteiger partial charge is 0.375 e. The lowest BCUT2D eigenvalue weighted by Crippen LogP contribution is -2.33. The van der Waals surface area contributed by atoms with E-state index in [0.29, 0.717) is 12.8 Å². The number of esters is 2. The van der Waals surface area contributed by atoms with Crippen LogP contribution >= 0.6 is 0 Å². The summed E-state index contributed by atoms with van der Waals surface area (Å²) >= 11 is 0. The monoisotopic (exact) mass is 352 g/mol. The first-order valence-electron chi connectivity index (χ1n) is 7.89. The molecule has 2 atom stereocenters. The van der Waals surface area contributed by atoms with E-state index in [0.717, 1.165) is 0 Å². The van der Waals surface area contributed by atoms with Gasteiger partial charge in [-0.2, -0.15) is 0 Å². The van der Waals surface area contributed by atoms with E-state index in [-0.39, 0.29) is 25.4 Å². The van der Waals surface area contributed by atoms with Crippen LogP contribution in [0.15, 0.2) is 12.2 Å². The number of Topliss-reactive ketones (excluding diaryl/α,β-unsaturated/α-hetero) is 4. The predicted octanol–water partition coefficient (Wildman–Crippen LogP) is 0.361. The standard InChI is InChI=1S/C17H20O8/c1-3-25-17(23)16(22)12-13(19)10(14(20)15(12)21)8-6-4-5-7-9-11(18)24-2/h4,6,10,12H,3,5,7-9H2,1-2H3. The van der Waals surface area contributed by atoms with Crippen molar-refractivity contribution in [2.24, 2.45) is 11.8 Å². The van der Waals surface area contributed by atoms with E-state index < -0.39 is 40.9 Å². The third-order valence-corrected chi connectivity index (χ3v) is 3.71. The van der Waals surface area contributed by atoms with Crippen molar-refractivity contribution in [3.8, 4) is 0 Å². The molecule has 1 saturated carbocycles. The zero-order valence-corrected chi connectivity index (χ0v) is 14.1. The molecule has 25 heavy (non-hydrogen) atoms. The summed E-state index contributed by atoms with van der Waals surface area (Å²) in [6, 6.07) is 0. The van der Waals surface area contributed by atoms with Crippen LogP contribution in [-0.4, -0.2) is 48.8 Å². The lowest BCUT2D eigenvalue weighted by Gasteiger charge is -2.05. The largest absolute Gasteiger partial charge is 0.469 e. The Morgan fingerprint density at radius 3 is 2.36 bits per heavy atom. The summed E-state index contributed by atoms with van der Waals surface area (Å²) in [7, 11) is 1.29. The molecule has 8 nitrogen and oxygen atoms in total. The summed E-state index contributed by atoms with van der Waals surface area (Å²) < 4.78 is 8.97. The molecular weight excluding hydrogens is 332 g/mol. The summed E-state index contributed by atoms with van der Waals surface area (Å²) in [5, 5.41) is 0. The van der Waals surface area contributed by atoms with Crippen LogP contribution in [-0.2, 0) is 38.2 Å². The van der Waals surface area contributed by atoms with Crippen molar-refractivity contribution in [2.45, 2.75) is 32.6 Å². The highest BCUT2D eigenvalue weighted by molar-refractivity contribution is 6.60. The zero-order valence-electron chi connectivity index (χ0n) is 14.1. The highest BCUT2D eigenvalue weighted by atomic mass is 16.5. The van der Waals surface area contributed by atoms with E-state index in [1.807, 2.05) is 0 Å². The van der Waals surface area contributed by atoms with Gasteiger partial charge in [0, 0.05) is 6.42 Å². The molecular formula is C17H20O8. The Morgan fingerprint density at radius 1 is 1.08 bits per heavy atom. The topological polar surface area (TPSA) is 121 Å². The molecule has 0 saturated heterocycles. The van der Waals surface area contributed by atoms with Gasteiger partial charge in [-0.25, -0.2) is 4.79 Å². The molecule has 1 aliphatic carbocycles. The number of hydrogen-bond donors (Lipinski definition) is 0. The number of allylic oxidation sites excluding steroid dienone is 2. The number of rotatable bonds is 9. The molecule has 136 valence electrons. The molecule has 0 radical (unpaired) electrons. The SMILES string of the molecule is CCOC(=O)C(=O)C1C(=O)C(=O)C(CC=CCCCC(=O)OC)C1=O. The van der Waals surface area contributed by atoms with Gasteiger partial charge in [0.2, 0.25) is 11.6 Å². The van der Waals surface area contributed by atoms with Crippen LogP contribution in [0.4, 0.5) is 0 Å². The average molecular weight is 352 g/mol. The van der Waals surface area contributed by atoms with Crippen LogP contribution in [0, 0.1) is 11.8 Å². The van der Waals surface area contributed by atoms with Crippen LogP contribution in [0.5, 0.6) is 0 Å². The number of carbonyl (C=O) groups is 6. The fourth-order valence-electron chi connectivity index (χ4n) is 2.38. The van der Waals surface area contributed by atoms with Gasteiger partial charge < -0.3 is 9.47 Å². The van der Waals surface area contributed by atoms with Crippen molar-refractivity contribution >= 4 is 35.1 Å². The average Bonchev–Trinajstić information content (AvgIpc) is 2.80. The Bertz CT molecular complexity index is 616. The normalized spacial score (nSPS) is 20.2. The second-order valence-electron chi connectivity index (χ2n) is 5.38. The lowest BCUT2D eigenvalue weighted by molar-refractivity contribution is -0.157. The fourth-order valence-corrected chi connectivity index (χ4v) is 2.38. The zero-order chi connectivity index (χ0) is 19.0. The van der Waals surface area contributed by atoms with Gasteiger partial charge in [-0.05, 0) is 26.2 Å². The Kier molecular flexibility index (Phi) is 7.84. The first kappa shape index (κ1) is 20.4. The van der Waals surface area contributed by atoms with Gasteiger partial charge >= 0.3 is 11.9 Å². The maximum atomic E-state index is 12.2. The maximum absolute atomic E-state index is 12.2. The highest BCUT2D eigenvalue weighted by Gasteiger charge is 2.53. The summed E-state index contributed by atoms with van der Waals surface area (Å²) in [6.45, 7) is 1.40. The molecule has 1 aliphatic rings. The number of ether oxygens (including phenoxy) is 2. The lowest BCUT2D eigenvalue weighted by atomic mass is 9.96. The van der Waals surface area contributed by atoms with Crippen molar-refractivity contribution < 1.29 is 38.2 Å². The number of ketones is 4. The molecule has 0 spiro atoms. The summed E-state index contributed by atoms with van der Waals surface area (Å²) in [5.74, 6) is -9.06. The summed E-state index contributed by atoms with van der Waals surface area (Å²) in [5.41, 5.74) is 0.